The average molecular weight is 313 g/mol. The molecule has 0 saturated carbocycles. The molecule has 0 fully saturated rings. The van der Waals surface area contributed by atoms with Gasteiger partial charge in [0.05, 0.1) is 16.3 Å². The largest absolute Gasteiger partial charge is 0.397 e. The van der Waals surface area contributed by atoms with E-state index in [0.29, 0.717) is 23.4 Å². The number of hydrogen-bond donors (Lipinski definition) is 3. The highest BCUT2D eigenvalue weighted by atomic mass is 32.2. The topological polar surface area (TPSA) is 84.2 Å². The van der Waals surface area contributed by atoms with E-state index in [1.165, 1.54) is 13.1 Å². The van der Waals surface area contributed by atoms with Gasteiger partial charge in [-0.05, 0) is 43.0 Å². The predicted molar refractivity (Wildman–Crippen MR) is 88.8 cm³/mol. The first kappa shape index (κ1) is 17.8. The predicted octanol–water partition coefficient (Wildman–Crippen LogP) is 2.52. The van der Waals surface area contributed by atoms with E-state index in [2.05, 4.69) is 37.7 Å². The van der Waals surface area contributed by atoms with E-state index in [0.717, 1.165) is 12.2 Å². The third kappa shape index (κ3) is 4.61. The zero-order chi connectivity index (χ0) is 16.2. The third-order valence-corrected chi connectivity index (χ3v) is 5.25. The molecule has 0 radical (unpaired) electrons. The van der Waals surface area contributed by atoms with Crippen LogP contribution in [0.3, 0.4) is 0 Å². The summed E-state index contributed by atoms with van der Waals surface area (Å²) in [6, 6.07) is 4.76. The highest BCUT2D eigenvalue weighted by molar-refractivity contribution is 7.89. The summed E-state index contributed by atoms with van der Waals surface area (Å²) in [7, 11) is -2.07. The van der Waals surface area contributed by atoms with Gasteiger partial charge in [0.25, 0.3) is 0 Å². The average Bonchev–Trinajstić information content (AvgIpc) is 2.39. The molecule has 0 aromatic heterocycles. The van der Waals surface area contributed by atoms with Crippen molar-refractivity contribution in [2.24, 2.45) is 17.8 Å². The Kier molecular flexibility index (Phi) is 6.04. The van der Waals surface area contributed by atoms with Crippen LogP contribution >= 0.6 is 0 Å². The lowest BCUT2D eigenvalue weighted by Crippen LogP contribution is -2.25. The molecule has 0 amide bonds. The van der Waals surface area contributed by atoms with Crippen molar-refractivity contribution in [3.05, 3.63) is 18.2 Å². The van der Waals surface area contributed by atoms with Crippen LogP contribution in [0.4, 0.5) is 11.4 Å². The molecular weight excluding hydrogens is 286 g/mol. The monoisotopic (exact) mass is 313 g/mol. The Morgan fingerprint density at radius 3 is 2.14 bits per heavy atom. The van der Waals surface area contributed by atoms with Crippen molar-refractivity contribution in [1.82, 2.24) is 4.72 Å². The molecule has 0 atom stereocenters. The fraction of sp³-hybridized carbons (Fsp3) is 0.600. The normalized spacial score (nSPS) is 12.4. The Morgan fingerprint density at radius 1 is 1.14 bits per heavy atom. The van der Waals surface area contributed by atoms with Crippen LogP contribution in [0.2, 0.25) is 0 Å². The Morgan fingerprint density at radius 2 is 1.71 bits per heavy atom. The van der Waals surface area contributed by atoms with Gasteiger partial charge in [0.2, 0.25) is 10.0 Å². The zero-order valence-electron chi connectivity index (χ0n) is 13.5. The minimum absolute atomic E-state index is 0.178. The second kappa shape index (κ2) is 7.13. The summed E-state index contributed by atoms with van der Waals surface area (Å²) in [5.74, 6) is 1.68. The molecule has 4 N–H and O–H groups in total. The van der Waals surface area contributed by atoms with E-state index in [-0.39, 0.29) is 4.90 Å². The van der Waals surface area contributed by atoms with Crippen LogP contribution in [0.5, 0.6) is 0 Å². The van der Waals surface area contributed by atoms with E-state index >= 15 is 0 Å². The first-order valence-corrected chi connectivity index (χ1v) is 8.74. The molecule has 1 aromatic rings. The Labute approximate surface area is 128 Å². The number of nitrogens with two attached hydrogens (primary N) is 1. The molecule has 0 bridgehead atoms. The Bertz CT molecular complexity index is 560. The van der Waals surface area contributed by atoms with Crippen molar-refractivity contribution in [3.8, 4) is 0 Å². The number of hydrogen-bond acceptors (Lipinski definition) is 4. The highest BCUT2D eigenvalue weighted by Crippen LogP contribution is 2.25. The highest BCUT2D eigenvalue weighted by Gasteiger charge is 2.18. The van der Waals surface area contributed by atoms with Crippen LogP contribution in [0.25, 0.3) is 0 Å². The number of sulfonamides is 1. The summed E-state index contributed by atoms with van der Waals surface area (Å²) in [6.07, 6.45) is 0. The van der Waals surface area contributed by atoms with Crippen LogP contribution in [0.1, 0.15) is 27.7 Å². The lowest BCUT2D eigenvalue weighted by molar-refractivity contribution is 0.304. The molecule has 1 rings (SSSR count). The second-order valence-electron chi connectivity index (χ2n) is 5.99. The van der Waals surface area contributed by atoms with E-state index in [9.17, 15) is 8.42 Å². The van der Waals surface area contributed by atoms with Crippen molar-refractivity contribution in [1.29, 1.82) is 0 Å². The maximum Gasteiger partial charge on any atom is 0.240 e. The first-order valence-electron chi connectivity index (χ1n) is 7.26. The fourth-order valence-electron chi connectivity index (χ4n) is 2.46. The SMILES string of the molecule is CNS(=O)(=O)c1ccc(NCC(C(C)C)C(C)C)c(N)c1. The van der Waals surface area contributed by atoms with E-state index in [4.69, 9.17) is 5.73 Å². The van der Waals surface area contributed by atoms with E-state index in [1.54, 1.807) is 12.1 Å². The maximum atomic E-state index is 11.7. The van der Waals surface area contributed by atoms with Gasteiger partial charge in [-0.15, -0.1) is 0 Å². The molecular formula is C15H27N3O2S. The number of anilines is 2. The van der Waals surface area contributed by atoms with Gasteiger partial charge in [-0.25, -0.2) is 13.1 Å². The van der Waals surface area contributed by atoms with Gasteiger partial charge in [-0.3, -0.25) is 0 Å². The summed E-state index contributed by atoms with van der Waals surface area (Å²) in [5, 5.41) is 3.33. The van der Waals surface area contributed by atoms with Crippen LogP contribution < -0.4 is 15.8 Å². The van der Waals surface area contributed by atoms with Crippen molar-refractivity contribution in [3.63, 3.8) is 0 Å². The maximum absolute atomic E-state index is 11.7. The molecule has 21 heavy (non-hydrogen) atoms. The molecule has 0 aliphatic heterocycles. The molecule has 5 nitrogen and oxygen atoms in total. The third-order valence-electron chi connectivity index (χ3n) is 3.84. The Balaban J connectivity index is 2.87. The van der Waals surface area contributed by atoms with Crippen LogP contribution in [0.15, 0.2) is 23.1 Å². The first-order chi connectivity index (χ1) is 9.69. The minimum Gasteiger partial charge on any atom is -0.397 e. The number of nitrogens with one attached hydrogen (secondary N) is 2. The van der Waals surface area contributed by atoms with Crippen molar-refractivity contribution in [2.75, 3.05) is 24.6 Å². The standard InChI is InChI=1S/C15H27N3O2S/c1-10(2)13(11(3)4)9-18-15-7-6-12(8-14(15)16)21(19,20)17-5/h6-8,10-11,13,17-18H,9,16H2,1-5H3. The molecule has 0 unspecified atom stereocenters. The Hall–Kier alpha value is -1.27. The van der Waals surface area contributed by atoms with Gasteiger partial charge in [0, 0.05) is 6.54 Å². The lowest BCUT2D eigenvalue weighted by atomic mass is 9.85. The van der Waals surface area contributed by atoms with Gasteiger partial charge in [-0.1, -0.05) is 27.7 Å². The number of nitrogen functional groups attached to an aromatic ring is 1. The fourth-order valence-corrected chi connectivity index (χ4v) is 3.22. The summed E-state index contributed by atoms with van der Waals surface area (Å²) in [4.78, 5) is 0.178. The molecule has 0 saturated heterocycles. The molecule has 0 aliphatic carbocycles. The van der Waals surface area contributed by atoms with Crippen LogP contribution in [-0.2, 0) is 10.0 Å². The summed E-state index contributed by atoms with van der Waals surface area (Å²) >= 11 is 0. The summed E-state index contributed by atoms with van der Waals surface area (Å²) in [6.45, 7) is 9.64. The molecule has 1 aromatic carbocycles. The van der Waals surface area contributed by atoms with Crippen molar-refractivity contribution in [2.45, 2.75) is 32.6 Å². The van der Waals surface area contributed by atoms with Gasteiger partial charge in [0.1, 0.15) is 0 Å². The summed E-state index contributed by atoms with van der Waals surface area (Å²) in [5.41, 5.74) is 7.17. The quantitative estimate of drug-likeness (QED) is 0.675. The van der Waals surface area contributed by atoms with Crippen molar-refractivity contribution >= 4 is 21.4 Å². The zero-order valence-corrected chi connectivity index (χ0v) is 14.3. The molecule has 6 heteroatoms. The van der Waals surface area contributed by atoms with E-state index < -0.39 is 10.0 Å². The smallest absolute Gasteiger partial charge is 0.240 e. The second-order valence-corrected chi connectivity index (χ2v) is 7.88. The summed E-state index contributed by atoms with van der Waals surface area (Å²) < 4.78 is 25.7. The molecule has 0 spiro atoms. The van der Waals surface area contributed by atoms with Crippen LogP contribution in [-0.4, -0.2) is 22.0 Å². The van der Waals surface area contributed by atoms with Gasteiger partial charge >= 0.3 is 0 Å². The minimum atomic E-state index is -3.45. The molecule has 0 heterocycles. The number of rotatable bonds is 7. The van der Waals surface area contributed by atoms with E-state index in [1.807, 2.05) is 0 Å². The van der Waals surface area contributed by atoms with Gasteiger partial charge in [0.15, 0.2) is 0 Å². The van der Waals surface area contributed by atoms with Crippen molar-refractivity contribution < 1.29 is 8.42 Å². The van der Waals surface area contributed by atoms with Gasteiger partial charge < -0.3 is 11.1 Å². The lowest BCUT2D eigenvalue weighted by Gasteiger charge is -2.26. The van der Waals surface area contributed by atoms with Gasteiger partial charge in [-0.2, -0.15) is 0 Å². The molecule has 120 valence electrons. The van der Waals surface area contributed by atoms with Crippen LogP contribution in [0, 0.1) is 17.8 Å². The number of benzene rings is 1. The molecule has 0 aliphatic rings.